The zero-order valence-corrected chi connectivity index (χ0v) is 19.6. The molecule has 0 unspecified atom stereocenters. The van der Waals surface area contributed by atoms with Crippen molar-refractivity contribution in [2.45, 2.75) is 23.9 Å². The van der Waals surface area contributed by atoms with Gasteiger partial charge in [-0.05, 0) is 61.9 Å². The Morgan fingerprint density at radius 3 is 2.42 bits per heavy atom. The van der Waals surface area contributed by atoms with E-state index in [1.54, 1.807) is 0 Å². The van der Waals surface area contributed by atoms with Crippen molar-refractivity contribution in [2.75, 3.05) is 12.3 Å². The van der Waals surface area contributed by atoms with Gasteiger partial charge in [0.05, 0.1) is 27.4 Å². The fraction of sp³-hybridized carbons (Fsp3) is 0.200. The quantitative estimate of drug-likeness (QED) is 0.235. The number of unbranched alkanes of at least 4 members (excludes halogenated alkanes) is 1. The van der Waals surface area contributed by atoms with Gasteiger partial charge in [-0.2, -0.15) is 13.2 Å². The number of benzene rings is 3. The smallest absolute Gasteiger partial charge is 0.418 e. The molecule has 0 radical (unpaired) electrons. The van der Waals surface area contributed by atoms with E-state index in [0.717, 1.165) is 18.5 Å². The predicted octanol–water partition coefficient (Wildman–Crippen LogP) is 5.76. The molecular formula is C25H21F4N3O3S. The summed E-state index contributed by atoms with van der Waals surface area (Å²) in [6, 6.07) is 13.1. The van der Waals surface area contributed by atoms with E-state index < -0.39 is 27.4 Å². The van der Waals surface area contributed by atoms with Gasteiger partial charge in [0.1, 0.15) is 23.6 Å². The molecule has 0 amide bonds. The minimum Gasteiger partial charge on any atom is -0.457 e. The van der Waals surface area contributed by atoms with Crippen molar-refractivity contribution in [3.63, 3.8) is 0 Å². The van der Waals surface area contributed by atoms with Gasteiger partial charge in [0.25, 0.3) is 0 Å². The third-order valence-corrected chi connectivity index (χ3v) is 7.23. The van der Waals surface area contributed by atoms with Gasteiger partial charge in [-0.3, -0.25) is 0 Å². The molecule has 1 aromatic heterocycles. The van der Waals surface area contributed by atoms with E-state index in [4.69, 9.17) is 10.5 Å². The molecule has 0 aliphatic heterocycles. The zero-order chi connectivity index (χ0) is 25.9. The normalized spacial score (nSPS) is 12.1. The second-order valence-electron chi connectivity index (χ2n) is 7.96. The van der Waals surface area contributed by atoms with Crippen LogP contribution in [0.4, 0.5) is 17.6 Å². The summed E-state index contributed by atoms with van der Waals surface area (Å²) in [5.74, 6) is -0.451. The van der Waals surface area contributed by atoms with E-state index >= 15 is 0 Å². The highest BCUT2D eigenvalue weighted by Crippen LogP contribution is 2.37. The largest absolute Gasteiger partial charge is 0.457 e. The Bertz CT molecular complexity index is 1510. The monoisotopic (exact) mass is 519 g/mol. The molecule has 4 aromatic rings. The summed E-state index contributed by atoms with van der Waals surface area (Å²) >= 11 is 0. The van der Waals surface area contributed by atoms with Crippen LogP contribution < -0.4 is 10.5 Å². The third-order valence-electron chi connectivity index (χ3n) is 5.43. The Morgan fingerprint density at radius 2 is 1.67 bits per heavy atom. The summed E-state index contributed by atoms with van der Waals surface area (Å²) in [7, 11) is -3.55. The number of fused-ring (bicyclic) bond motifs is 1. The fourth-order valence-electron chi connectivity index (χ4n) is 3.70. The number of ether oxygens (including phenoxy) is 1. The Morgan fingerprint density at radius 1 is 0.917 bits per heavy atom. The first-order chi connectivity index (χ1) is 17.1. The van der Waals surface area contributed by atoms with Gasteiger partial charge in [-0.1, -0.05) is 18.2 Å². The zero-order valence-electron chi connectivity index (χ0n) is 18.8. The van der Waals surface area contributed by atoms with Crippen LogP contribution >= 0.6 is 0 Å². The highest BCUT2D eigenvalue weighted by atomic mass is 32.2. The number of hydrogen-bond acceptors (Lipinski definition) is 6. The van der Waals surface area contributed by atoms with Crippen LogP contribution in [-0.4, -0.2) is 30.7 Å². The first kappa shape index (κ1) is 25.5. The summed E-state index contributed by atoms with van der Waals surface area (Å²) in [4.78, 5) is 7.86. The van der Waals surface area contributed by atoms with Crippen LogP contribution in [0.15, 0.2) is 71.9 Å². The number of para-hydroxylation sites is 1. The third kappa shape index (κ3) is 5.47. The van der Waals surface area contributed by atoms with Crippen molar-refractivity contribution in [3.8, 4) is 22.8 Å². The molecular weight excluding hydrogens is 498 g/mol. The molecule has 36 heavy (non-hydrogen) atoms. The number of hydrogen-bond donors (Lipinski definition) is 1. The second-order valence-corrected chi connectivity index (χ2v) is 10.1. The molecule has 0 aliphatic carbocycles. The summed E-state index contributed by atoms with van der Waals surface area (Å²) in [5, 5.41) is 0.0222. The number of alkyl halides is 3. The van der Waals surface area contributed by atoms with Crippen LogP contribution in [0.2, 0.25) is 0 Å². The van der Waals surface area contributed by atoms with Crippen molar-refractivity contribution in [2.24, 2.45) is 5.73 Å². The number of halogens is 4. The van der Waals surface area contributed by atoms with E-state index in [2.05, 4.69) is 9.97 Å². The highest BCUT2D eigenvalue weighted by molar-refractivity contribution is 7.91. The van der Waals surface area contributed by atoms with Gasteiger partial charge in [-0.25, -0.2) is 22.8 Å². The first-order valence-corrected chi connectivity index (χ1v) is 12.6. The van der Waals surface area contributed by atoms with Crippen molar-refractivity contribution in [3.05, 3.63) is 78.4 Å². The predicted molar refractivity (Wildman–Crippen MR) is 127 cm³/mol. The van der Waals surface area contributed by atoms with Crippen LogP contribution in [0.5, 0.6) is 11.5 Å². The summed E-state index contributed by atoms with van der Waals surface area (Å²) in [6.45, 7) is 0.394. The number of sulfone groups is 1. The summed E-state index contributed by atoms with van der Waals surface area (Å²) in [5.41, 5.74) is 3.99. The lowest BCUT2D eigenvalue weighted by Crippen LogP contribution is -2.09. The van der Waals surface area contributed by atoms with Crippen molar-refractivity contribution in [1.82, 2.24) is 9.97 Å². The Labute approximate surface area is 204 Å². The molecule has 6 nitrogen and oxygen atoms in total. The summed E-state index contributed by atoms with van der Waals surface area (Å²) < 4.78 is 86.0. The van der Waals surface area contributed by atoms with Crippen LogP contribution in [0.25, 0.3) is 22.2 Å². The lowest BCUT2D eigenvalue weighted by Gasteiger charge is -2.13. The average Bonchev–Trinajstić information content (AvgIpc) is 2.84. The van der Waals surface area contributed by atoms with Crippen LogP contribution in [0.3, 0.4) is 0 Å². The minimum atomic E-state index is -4.65. The van der Waals surface area contributed by atoms with Gasteiger partial charge in [0.15, 0.2) is 9.84 Å². The van der Waals surface area contributed by atoms with Gasteiger partial charge < -0.3 is 10.5 Å². The minimum absolute atomic E-state index is 0.0222. The molecule has 0 spiro atoms. The molecule has 2 N–H and O–H groups in total. The van der Waals surface area contributed by atoms with E-state index in [0.29, 0.717) is 19.4 Å². The number of nitrogens with zero attached hydrogens (tertiary/aromatic N) is 2. The Balaban J connectivity index is 1.69. The molecule has 188 valence electrons. The molecule has 1 heterocycles. The lowest BCUT2D eigenvalue weighted by atomic mass is 10.0. The van der Waals surface area contributed by atoms with Crippen molar-refractivity contribution >= 4 is 20.7 Å². The van der Waals surface area contributed by atoms with Gasteiger partial charge in [-0.15, -0.1) is 0 Å². The Hall–Kier alpha value is -3.57. The number of rotatable bonds is 8. The van der Waals surface area contributed by atoms with Crippen LogP contribution in [0, 0.1) is 5.82 Å². The molecule has 3 aromatic carbocycles. The maximum absolute atomic E-state index is 14.8. The average molecular weight is 520 g/mol. The maximum Gasteiger partial charge on any atom is 0.418 e. The fourth-order valence-corrected chi connectivity index (χ4v) is 5.10. The number of nitrogens with two attached hydrogens (primary N) is 1. The summed E-state index contributed by atoms with van der Waals surface area (Å²) in [6.07, 6.45) is -2.70. The standard InChI is InChI=1S/C25H21F4N3O3S/c26-22-10-9-17(35-16-5-3-6-18(13-16)36(33,34)12-2-1-11-30)14-20(22)23-19-7-4-8-21(25(27,28)29)24(19)32-15-31-23/h3-10,13-15H,1-2,11-12,30H2. The molecule has 11 heteroatoms. The molecule has 4 rings (SSSR count). The molecule has 0 atom stereocenters. The van der Waals surface area contributed by atoms with E-state index in [9.17, 15) is 26.0 Å². The number of aromatic nitrogens is 2. The molecule has 0 saturated carbocycles. The molecule has 0 bridgehead atoms. The van der Waals surface area contributed by atoms with Crippen LogP contribution in [-0.2, 0) is 16.0 Å². The van der Waals surface area contributed by atoms with Gasteiger partial charge >= 0.3 is 6.18 Å². The van der Waals surface area contributed by atoms with Gasteiger partial charge in [0, 0.05) is 10.9 Å². The molecule has 0 saturated heterocycles. The van der Waals surface area contributed by atoms with Crippen LogP contribution in [0.1, 0.15) is 18.4 Å². The lowest BCUT2D eigenvalue weighted by molar-refractivity contribution is -0.136. The first-order valence-electron chi connectivity index (χ1n) is 10.9. The van der Waals surface area contributed by atoms with E-state index in [1.807, 2.05) is 0 Å². The highest BCUT2D eigenvalue weighted by Gasteiger charge is 2.33. The maximum atomic E-state index is 14.8. The SMILES string of the molecule is NCCCCS(=O)(=O)c1cccc(Oc2ccc(F)c(-c3ncnc4c(C(F)(F)F)cccc34)c2)c1. The second kappa shape index (κ2) is 10.2. The van der Waals surface area contributed by atoms with Gasteiger partial charge in [0.2, 0.25) is 0 Å². The van der Waals surface area contributed by atoms with E-state index in [1.165, 1.54) is 48.5 Å². The Kier molecular flexibility index (Phi) is 7.23. The molecule has 0 fully saturated rings. The van der Waals surface area contributed by atoms with Crippen molar-refractivity contribution < 1.29 is 30.7 Å². The topological polar surface area (TPSA) is 95.2 Å². The molecule has 0 aliphatic rings. The van der Waals surface area contributed by atoms with Crippen molar-refractivity contribution in [1.29, 1.82) is 0 Å². The van der Waals surface area contributed by atoms with E-state index in [-0.39, 0.29) is 44.3 Å².